The zero-order valence-corrected chi connectivity index (χ0v) is 36.7. The second-order valence-corrected chi connectivity index (χ2v) is 15.8. The summed E-state index contributed by atoms with van der Waals surface area (Å²) in [5, 5.41) is 11.3. The van der Waals surface area contributed by atoms with Gasteiger partial charge in [-0.2, -0.15) is 0 Å². The third-order valence-electron chi connectivity index (χ3n) is 9.82. The van der Waals surface area contributed by atoms with E-state index in [0.717, 1.165) is 17.1 Å². The second kappa shape index (κ2) is 23.4. The molecule has 1 atom stereocenters. The minimum Gasteiger partial charge on any atom is -0.445 e. The van der Waals surface area contributed by atoms with Gasteiger partial charge in [-0.05, 0) is 62.1 Å². The lowest BCUT2D eigenvalue weighted by molar-refractivity contribution is -0.137. The van der Waals surface area contributed by atoms with Crippen LogP contribution in [0.15, 0.2) is 76.0 Å². The Balaban J connectivity index is 1.09. The van der Waals surface area contributed by atoms with Crippen molar-refractivity contribution in [2.45, 2.75) is 65.2 Å². The molecule has 0 saturated carbocycles. The normalized spacial score (nSPS) is 12.8. The van der Waals surface area contributed by atoms with Crippen LogP contribution in [0.3, 0.4) is 0 Å². The zero-order valence-electron chi connectivity index (χ0n) is 36.7. The molecule has 8 amide bonds. The van der Waals surface area contributed by atoms with Gasteiger partial charge in [0.15, 0.2) is 0 Å². The molecule has 0 radical (unpaired) electrons. The van der Waals surface area contributed by atoms with Gasteiger partial charge in [0.2, 0.25) is 23.6 Å². The van der Waals surface area contributed by atoms with Gasteiger partial charge >= 0.3 is 17.8 Å². The fourth-order valence-corrected chi connectivity index (χ4v) is 5.93. The average molecular weight is 890 g/mol. The maximum atomic E-state index is 13.0. The third kappa shape index (κ3) is 16.0. The van der Waals surface area contributed by atoms with Gasteiger partial charge < -0.3 is 49.7 Å². The number of imide groups is 1. The van der Waals surface area contributed by atoms with Crippen LogP contribution in [0.5, 0.6) is 5.75 Å². The number of benzene rings is 2. The molecule has 2 aromatic carbocycles. The predicted molar refractivity (Wildman–Crippen MR) is 232 cm³/mol. The highest BCUT2D eigenvalue weighted by Gasteiger charge is 2.27. The highest BCUT2D eigenvalue weighted by molar-refractivity contribution is 6.13. The van der Waals surface area contributed by atoms with Crippen LogP contribution in [0.1, 0.15) is 52.5 Å². The number of anilines is 1. The summed E-state index contributed by atoms with van der Waals surface area (Å²) in [5.41, 5.74) is 0.0779. The number of nitrogens with one attached hydrogen (secondary N) is 4. The molecular formula is C44H55N7O13. The van der Waals surface area contributed by atoms with Crippen molar-refractivity contribution in [2.75, 3.05) is 58.7 Å². The van der Waals surface area contributed by atoms with Gasteiger partial charge in [-0.1, -0.05) is 26.0 Å². The maximum absolute atomic E-state index is 13.0. The summed E-state index contributed by atoms with van der Waals surface area (Å²) in [5.74, 6) is -2.79. The van der Waals surface area contributed by atoms with Gasteiger partial charge in [0.05, 0.1) is 18.8 Å². The molecule has 64 heavy (non-hydrogen) atoms. The molecule has 20 heteroatoms. The molecule has 20 nitrogen and oxygen atoms in total. The van der Waals surface area contributed by atoms with Crippen LogP contribution in [0.2, 0.25) is 0 Å². The topological polar surface area (TPSA) is 252 Å². The van der Waals surface area contributed by atoms with E-state index in [2.05, 4.69) is 21.3 Å². The molecule has 0 aliphatic carbocycles. The van der Waals surface area contributed by atoms with Crippen LogP contribution in [0.4, 0.5) is 15.3 Å². The standard InChI is InChI=1S/C44H55N7O13/c1-28(2)40(48-35(53)17-19-44(3,4)62-24-20-45-34(52)18-21-51-37(55)14-15-38(51)56)41(58)46-26-36(54)47-31-11-7-29(8-12-31)27-61-42(59)49(5)22-23-50(6)43(60)63-32-13-9-30-10-16-39(57)64-33(30)25-32/h7-16,25,28,40H,17-24,26-27H2,1-6H3,(H,45,52)(H,46,58)(H,47,54)(H,48,53). The summed E-state index contributed by atoms with van der Waals surface area (Å²) in [6, 6.07) is 13.2. The number of rotatable bonds is 22. The first-order valence-corrected chi connectivity index (χ1v) is 20.5. The number of hydrogen-bond donors (Lipinski definition) is 4. The highest BCUT2D eigenvalue weighted by atomic mass is 16.6. The number of carbonyl (C=O) groups is 8. The molecule has 0 fully saturated rings. The van der Waals surface area contributed by atoms with Gasteiger partial charge in [0.25, 0.3) is 11.8 Å². The summed E-state index contributed by atoms with van der Waals surface area (Å²) >= 11 is 0. The SMILES string of the molecule is CC(C)C(NC(=O)CCC(C)(C)OCCNC(=O)CCN1C(=O)C=CC1=O)C(=O)NCC(=O)Nc1ccc(COC(=O)N(C)CCN(C)C(=O)Oc2ccc3ccc(=O)oc3c2)cc1. The van der Waals surface area contributed by atoms with E-state index >= 15 is 0 Å². The van der Waals surface area contributed by atoms with Crippen molar-refractivity contribution in [1.29, 1.82) is 0 Å². The molecule has 1 aromatic heterocycles. The fraction of sp³-hybridized carbons (Fsp3) is 0.432. The molecule has 1 unspecified atom stereocenters. The van der Waals surface area contributed by atoms with E-state index in [9.17, 15) is 43.2 Å². The molecule has 4 rings (SSSR count). The van der Waals surface area contributed by atoms with E-state index in [1.54, 1.807) is 70.2 Å². The summed E-state index contributed by atoms with van der Waals surface area (Å²) < 4.78 is 21.7. The smallest absolute Gasteiger partial charge is 0.415 e. The van der Waals surface area contributed by atoms with E-state index in [4.69, 9.17) is 18.6 Å². The van der Waals surface area contributed by atoms with Crippen molar-refractivity contribution in [3.05, 3.63) is 82.7 Å². The van der Waals surface area contributed by atoms with Gasteiger partial charge in [-0.15, -0.1) is 0 Å². The Morgan fingerprint density at radius 3 is 2.12 bits per heavy atom. The molecule has 4 N–H and O–H groups in total. The number of amides is 8. The first-order valence-electron chi connectivity index (χ1n) is 20.5. The molecular weight excluding hydrogens is 835 g/mol. The Hall–Kier alpha value is -7.09. The minimum absolute atomic E-state index is 0.0219. The van der Waals surface area contributed by atoms with Crippen LogP contribution in [-0.2, 0) is 44.8 Å². The lowest BCUT2D eigenvalue weighted by Crippen LogP contribution is -2.51. The van der Waals surface area contributed by atoms with Gasteiger partial charge in [0.1, 0.15) is 24.0 Å². The van der Waals surface area contributed by atoms with Crippen LogP contribution in [0, 0.1) is 5.92 Å². The van der Waals surface area contributed by atoms with Crippen molar-refractivity contribution in [2.24, 2.45) is 5.92 Å². The zero-order chi connectivity index (χ0) is 47.0. The fourth-order valence-electron chi connectivity index (χ4n) is 5.93. The molecule has 0 spiro atoms. The largest absolute Gasteiger partial charge is 0.445 e. The molecule has 1 aliphatic rings. The molecule has 2 heterocycles. The lowest BCUT2D eigenvalue weighted by Gasteiger charge is -2.26. The van der Waals surface area contributed by atoms with E-state index in [1.807, 2.05) is 0 Å². The van der Waals surface area contributed by atoms with Crippen molar-refractivity contribution in [1.82, 2.24) is 30.7 Å². The minimum atomic E-state index is -0.909. The monoisotopic (exact) mass is 889 g/mol. The van der Waals surface area contributed by atoms with Crippen molar-refractivity contribution in [3.8, 4) is 5.75 Å². The number of likely N-dealkylation sites (N-methyl/N-ethyl adjacent to an activating group) is 2. The summed E-state index contributed by atoms with van der Waals surface area (Å²) in [6.45, 7) is 7.27. The second-order valence-electron chi connectivity index (χ2n) is 15.8. The Morgan fingerprint density at radius 2 is 1.45 bits per heavy atom. The van der Waals surface area contributed by atoms with E-state index in [1.165, 1.54) is 36.0 Å². The van der Waals surface area contributed by atoms with Gasteiger partial charge in [-0.3, -0.25) is 33.7 Å². The molecule has 3 aromatic rings. The number of carbonyl (C=O) groups excluding carboxylic acids is 8. The van der Waals surface area contributed by atoms with E-state index < -0.39 is 53.1 Å². The van der Waals surface area contributed by atoms with Crippen LogP contribution < -0.4 is 31.6 Å². The molecule has 1 aliphatic heterocycles. The van der Waals surface area contributed by atoms with Gasteiger partial charge in [-0.25, -0.2) is 14.4 Å². The Labute approximate surface area is 369 Å². The molecule has 0 bridgehead atoms. The predicted octanol–water partition coefficient (Wildman–Crippen LogP) is 2.69. The Kier molecular flexibility index (Phi) is 18.1. The van der Waals surface area contributed by atoms with Crippen LogP contribution in [0.25, 0.3) is 11.0 Å². The first kappa shape index (κ1) is 49.6. The van der Waals surface area contributed by atoms with Crippen molar-refractivity contribution < 1.29 is 57.0 Å². The summed E-state index contributed by atoms with van der Waals surface area (Å²) in [7, 11) is 3.03. The summed E-state index contributed by atoms with van der Waals surface area (Å²) in [6.07, 6.45) is 1.31. The molecule has 344 valence electrons. The average Bonchev–Trinajstić information content (AvgIpc) is 3.58. The Morgan fingerprint density at radius 1 is 0.797 bits per heavy atom. The van der Waals surface area contributed by atoms with Crippen molar-refractivity contribution in [3.63, 3.8) is 0 Å². The quantitative estimate of drug-likeness (QED) is 0.0644. The van der Waals surface area contributed by atoms with Crippen molar-refractivity contribution >= 4 is 64.3 Å². The first-order chi connectivity index (χ1) is 30.3. The van der Waals surface area contributed by atoms with Crippen LogP contribution in [-0.4, -0.2) is 127 Å². The van der Waals surface area contributed by atoms with E-state index in [0.29, 0.717) is 23.1 Å². The van der Waals surface area contributed by atoms with Crippen LogP contribution >= 0.6 is 0 Å². The summed E-state index contributed by atoms with van der Waals surface area (Å²) in [4.78, 5) is 114. The lowest BCUT2D eigenvalue weighted by atomic mass is 10.0. The molecule has 0 saturated heterocycles. The maximum Gasteiger partial charge on any atom is 0.415 e. The number of hydrogen-bond acceptors (Lipinski definition) is 13. The Bertz CT molecular complexity index is 2250. The van der Waals surface area contributed by atoms with E-state index in [-0.39, 0.29) is 87.8 Å². The number of nitrogens with zero attached hydrogens (tertiary/aromatic N) is 3. The highest BCUT2D eigenvalue weighted by Crippen LogP contribution is 2.20. The number of fused-ring (bicyclic) bond motifs is 1. The van der Waals surface area contributed by atoms with Gasteiger partial charge in [0, 0.05) is 88.5 Å². The number of ether oxygens (including phenoxy) is 3. The third-order valence-corrected chi connectivity index (χ3v) is 9.82.